The summed E-state index contributed by atoms with van der Waals surface area (Å²) >= 11 is 0. The molecule has 2 aliphatic heterocycles. The number of nitrogens with two attached hydrogens (primary N) is 3. The number of methoxy groups -OCH3 is 1. The van der Waals surface area contributed by atoms with Crippen molar-refractivity contribution >= 4 is 23.5 Å². The van der Waals surface area contributed by atoms with Gasteiger partial charge in [-0.2, -0.15) is 0 Å². The van der Waals surface area contributed by atoms with Gasteiger partial charge in [0.1, 0.15) is 23.8 Å². The van der Waals surface area contributed by atoms with Crippen LogP contribution in [0.3, 0.4) is 0 Å². The van der Waals surface area contributed by atoms with E-state index in [-0.39, 0.29) is 24.6 Å². The van der Waals surface area contributed by atoms with Crippen LogP contribution in [0.5, 0.6) is 0 Å². The molecule has 12 atom stereocenters. The first-order valence-electron chi connectivity index (χ1n) is 24.3. The van der Waals surface area contributed by atoms with Gasteiger partial charge in [0, 0.05) is 82.2 Å². The van der Waals surface area contributed by atoms with Gasteiger partial charge >= 0.3 is 12.1 Å². The van der Waals surface area contributed by atoms with Crippen LogP contribution in [0.15, 0.2) is 30.5 Å². The number of likely N-dealkylation sites (N-methyl/N-ethyl adjacent to an activating group) is 1. The van der Waals surface area contributed by atoms with E-state index in [0.717, 1.165) is 11.3 Å². The molecule has 1 aromatic carbocycles. The number of nitrogens with zero attached hydrogens (tertiary/aromatic N) is 6. The molecule has 8 N–H and O–H groups in total. The molecule has 1 amide bonds. The maximum Gasteiger partial charge on any atom is 0.410 e. The SMILES string of the molecule is CCC(C(O)[C@@H](OCCN(CCN)CCN)O[C@@H]1[C@@H](C)C(=O)[C@@H](C)C(=O)O[C@H](CC)[C@@]2(C)OC(=O)N(CCCCn3cc(-c4cccc(N)c4)nn3)[C@@H]2[C@@H](C)NC[C@H](C)C[C@@]1(C)OC)N(C)C. The summed E-state index contributed by atoms with van der Waals surface area (Å²) < 4.78 is 34.0. The van der Waals surface area contributed by atoms with Crippen molar-refractivity contribution in [2.45, 2.75) is 148 Å². The zero-order valence-corrected chi connectivity index (χ0v) is 42.2. The quantitative estimate of drug-likeness (QED) is 0.0374. The Labute approximate surface area is 399 Å². The number of hydrogen-bond acceptors (Lipinski definition) is 17. The van der Waals surface area contributed by atoms with E-state index in [9.17, 15) is 19.5 Å². The van der Waals surface area contributed by atoms with Crippen molar-refractivity contribution in [3.05, 3.63) is 30.5 Å². The topological polar surface area (TPSA) is 248 Å². The van der Waals surface area contributed by atoms with Gasteiger partial charge < -0.3 is 56.2 Å². The van der Waals surface area contributed by atoms with E-state index >= 15 is 0 Å². The molecule has 2 fully saturated rings. The minimum atomic E-state index is -1.26. The normalized spacial score (nSPS) is 29.3. The summed E-state index contributed by atoms with van der Waals surface area (Å²) in [4.78, 5) is 48.6. The first kappa shape index (κ1) is 55.8. The van der Waals surface area contributed by atoms with Crippen LogP contribution >= 0.6 is 0 Å². The first-order chi connectivity index (χ1) is 31.8. The molecule has 19 heteroatoms. The Morgan fingerprint density at radius 2 is 1.72 bits per heavy atom. The standard InChI is InChI=1S/C48H84N10O9/c1-12-38(55(9)10)41(60)45(64-26-25-56(23-19-49)24-20-50)66-43-32(4)40(59)33(5)44(61)65-39(13-2)48(8)42(34(6)52-29-31(3)28-47(43,7)63-11)58(46(62)67-48)22-15-14-21-57-30-37(53-54-57)35-17-16-18-36(51)27-35/h16-18,27,30-34,38-39,41-43,45,52,60H,12-15,19-26,28-29,49-51H2,1-11H3/t31-,32+,33-,34-,38?,39-,41?,42-,43-,45+,47-,48-/m1/s1. The van der Waals surface area contributed by atoms with Crippen LogP contribution in [-0.2, 0) is 39.8 Å². The number of ketones is 1. The highest BCUT2D eigenvalue weighted by Crippen LogP contribution is 2.40. The van der Waals surface area contributed by atoms with Gasteiger partial charge in [0.2, 0.25) is 0 Å². The zero-order valence-electron chi connectivity index (χ0n) is 42.2. The number of carbonyl (C=O) groups excluding carboxylic acids is 3. The minimum Gasteiger partial charge on any atom is -0.458 e. The van der Waals surface area contributed by atoms with Crippen molar-refractivity contribution in [1.29, 1.82) is 0 Å². The van der Waals surface area contributed by atoms with Crippen LogP contribution in [0, 0.1) is 17.8 Å². The van der Waals surface area contributed by atoms with Gasteiger partial charge in [-0.3, -0.25) is 24.1 Å². The summed E-state index contributed by atoms with van der Waals surface area (Å²) in [5.74, 6) is -3.37. The number of Topliss-reactive ketones (excluding diaryl/α,β-unsaturated/α-hetero) is 1. The van der Waals surface area contributed by atoms with Crippen LogP contribution in [0.2, 0.25) is 0 Å². The van der Waals surface area contributed by atoms with Crippen molar-refractivity contribution in [2.24, 2.45) is 29.2 Å². The van der Waals surface area contributed by atoms with Gasteiger partial charge in [0.05, 0.1) is 30.6 Å². The van der Waals surface area contributed by atoms with Gasteiger partial charge in [0.15, 0.2) is 17.7 Å². The molecular formula is C48H84N10O9. The molecule has 67 heavy (non-hydrogen) atoms. The van der Waals surface area contributed by atoms with Gasteiger partial charge in [0.25, 0.3) is 0 Å². The molecule has 2 saturated heterocycles. The number of benzene rings is 1. The van der Waals surface area contributed by atoms with Crippen LogP contribution in [-0.4, -0.2) is 180 Å². The summed E-state index contributed by atoms with van der Waals surface area (Å²) in [6, 6.07) is 6.27. The molecule has 0 radical (unpaired) electrons. The van der Waals surface area contributed by atoms with E-state index in [4.69, 9.17) is 40.9 Å². The average Bonchev–Trinajstić information content (AvgIpc) is 3.87. The number of nitrogens with one attached hydrogen (secondary N) is 1. The first-order valence-corrected chi connectivity index (χ1v) is 24.3. The summed E-state index contributed by atoms with van der Waals surface area (Å²) in [5, 5.41) is 24.3. The van der Waals surface area contributed by atoms with Gasteiger partial charge in [-0.05, 0) is 98.5 Å². The number of nitrogen functional groups attached to an aromatic ring is 1. The second kappa shape index (κ2) is 25.7. The molecule has 2 aliphatic rings. The second-order valence-corrected chi connectivity index (χ2v) is 19.3. The molecule has 2 aromatic rings. The molecule has 1 aromatic heterocycles. The number of carbonyl (C=O) groups is 3. The Bertz CT molecular complexity index is 1850. The van der Waals surface area contributed by atoms with Gasteiger partial charge in [-0.25, -0.2) is 4.79 Å². The fourth-order valence-corrected chi connectivity index (χ4v) is 10.1. The highest BCUT2D eigenvalue weighted by atomic mass is 16.7. The van der Waals surface area contributed by atoms with Crippen molar-refractivity contribution < 1.29 is 43.2 Å². The lowest BCUT2D eigenvalue weighted by atomic mass is 9.78. The molecule has 0 bridgehead atoms. The van der Waals surface area contributed by atoms with E-state index in [2.05, 4.69) is 27.5 Å². The van der Waals surface area contributed by atoms with Crippen molar-refractivity contribution in [3.63, 3.8) is 0 Å². The summed E-state index contributed by atoms with van der Waals surface area (Å²) in [5.41, 5.74) is 17.6. The molecule has 4 rings (SSSR count). The largest absolute Gasteiger partial charge is 0.458 e. The van der Waals surface area contributed by atoms with E-state index < -0.39 is 71.5 Å². The number of hydrogen-bond donors (Lipinski definition) is 5. The molecule has 0 spiro atoms. The molecular weight excluding hydrogens is 861 g/mol. The number of aromatic nitrogens is 3. The fraction of sp³-hybridized carbons (Fsp3) is 0.771. The maximum absolute atomic E-state index is 14.7. The highest BCUT2D eigenvalue weighted by Gasteiger charge is 2.58. The summed E-state index contributed by atoms with van der Waals surface area (Å²) in [6.45, 7) is 19.2. The lowest BCUT2D eigenvalue weighted by Gasteiger charge is -2.44. The number of ether oxygens (including phenoxy) is 5. The fourth-order valence-electron chi connectivity index (χ4n) is 10.1. The Hall–Kier alpha value is -3.79. The molecule has 19 nitrogen and oxygen atoms in total. The third-order valence-electron chi connectivity index (χ3n) is 13.9. The number of anilines is 1. The van der Waals surface area contributed by atoms with Crippen LogP contribution in [0.1, 0.15) is 87.5 Å². The number of rotatable bonds is 22. The van der Waals surface area contributed by atoms with Crippen LogP contribution < -0.4 is 22.5 Å². The van der Waals surface area contributed by atoms with E-state index in [1.807, 2.05) is 84.1 Å². The smallest absolute Gasteiger partial charge is 0.410 e. The van der Waals surface area contributed by atoms with Crippen molar-refractivity contribution in [2.75, 3.05) is 79.4 Å². The van der Waals surface area contributed by atoms with Gasteiger partial charge in [-0.15, -0.1) is 5.10 Å². The number of esters is 1. The zero-order chi connectivity index (χ0) is 49.6. The second-order valence-electron chi connectivity index (χ2n) is 19.3. The Morgan fingerprint density at radius 3 is 2.33 bits per heavy atom. The molecule has 2 unspecified atom stereocenters. The number of fused-ring (bicyclic) bond motifs is 1. The predicted octanol–water partition coefficient (Wildman–Crippen LogP) is 3.12. The highest BCUT2D eigenvalue weighted by molar-refractivity contribution is 6.00. The number of aliphatic hydroxyl groups excluding tert-OH is 1. The third kappa shape index (κ3) is 14.2. The van der Waals surface area contributed by atoms with E-state index in [0.29, 0.717) is 90.1 Å². The summed E-state index contributed by atoms with van der Waals surface area (Å²) in [6.07, 6.45) is -0.102. The maximum atomic E-state index is 14.7. The predicted molar refractivity (Wildman–Crippen MR) is 258 cm³/mol. The molecule has 3 heterocycles. The van der Waals surface area contributed by atoms with E-state index in [1.165, 1.54) is 6.92 Å². The Balaban J connectivity index is 1.63. The number of cyclic esters (lactones) is 1. The summed E-state index contributed by atoms with van der Waals surface area (Å²) in [7, 11) is 5.35. The van der Waals surface area contributed by atoms with E-state index in [1.54, 1.807) is 23.6 Å². The third-order valence-corrected chi connectivity index (χ3v) is 13.9. The van der Waals surface area contributed by atoms with Crippen LogP contribution in [0.25, 0.3) is 11.3 Å². The average molecular weight is 945 g/mol. The van der Waals surface area contributed by atoms with Gasteiger partial charge in [-0.1, -0.05) is 45.0 Å². The van der Waals surface area contributed by atoms with Crippen molar-refractivity contribution in [3.8, 4) is 11.3 Å². The lowest BCUT2D eigenvalue weighted by Crippen LogP contribution is -2.61. The Kier molecular flexibility index (Phi) is 21.4. The number of unbranched alkanes of at least 4 members (excludes halogenated alkanes) is 1. The lowest BCUT2D eigenvalue weighted by molar-refractivity contribution is -0.267. The van der Waals surface area contributed by atoms with Crippen LogP contribution in [0.4, 0.5) is 10.5 Å². The molecule has 0 aliphatic carbocycles. The van der Waals surface area contributed by atoms with Crippen molar-refractivity contribution in [1.82, 2.24) is 35.0 Å². The number of aryl methyl sites for hydroxylation is 1. The monoisotopic (exact) mass is 945 g/mol. The number of amides is 1. The minimum absolute atomic E-state index is 0.0589. The molecule has 0 saturated carbocycles. The molecule has 380 valence electrons. The number of aliphatic hydroxyl groups is 1. The Morgan fingerprint density at radius 1 is 1.03 bits per heavy atom.